The van der Waals surface area contributed by atoms with E-state index in [1.807, 2.05) is 55.5 Å². The van der Waals surface area contributed by atoms with Gasteiger partial charge in [-0.05, 0) is 37.3 Å². The average Bonchev–Trinajstić information content (AvgIpc) is 2.86. The minimum Gasteiger partial charge on any atom is -1.00 e. The van der Waals surface area contributed by atoms with Crippen molar-refractivity contribution in [3.63, 3.8) is 0 Å². The van der Waals surface area contributed by atoms with Gasteiger partial charge in [0, 0.05) is 16.1 Å². The van der Waals surface area contributed by atoms with Gasteiger partial charge >= 0.3 is 0 Å². The SMILES string of the molecule is Cc1nc(Nc2cccc(Cl)c2)c2oc3ccccc3c2n1.[Cl-]. The Morgan fingerprint density at radius 3 is 2.70 bits per heavy atom. The lowest BCUT2D eigenvalue weighted by Gasteiger charge is -2.07. The predicted molar refractivity (Wildman–Crippen MR) is 88.8 cm³/mol. The van der Waals surface area contributed by atoms with Crippen molar-refractivity contribution in [2.24, 2.45) is 0 Å². The van der Waals surface area contributed by atoms with E-state index in [9.17, 15) is 0 Å². The van der Waals surface area contributed by atoms with Crippen LogP contribution in [0.5, 0.6) is 0 Å². The molecule has 0 aliphatic rings. The molecular weight excluding hydrogens is 333 g/mol. The van der Waals surface area contributed by atoms with E-state index in [1.165, 1.54) is 0 Å². The number of rotatable bonds is 2. The number of nitrogens with zero attached hydrogens (tertiary/aromatic N) is 2. The Morgan fingerprint density at radius 2 is 1.87 bits per heavy atom. The lowest BCUT2D eigenvalue weighted by atomic mass is 10.2. The van der Waals surface area contributed by atoms with Crippen molar-refractivity contribution in [2.45, 2.75) is 6.92 Å². The molecule has 0 fully saturated rings. The number of nitrogens with one attached hydrogen (secondary N) is 1. The van der Waals surface area contributed by atoms with E-state index < -0.39 is 0 Å². The van der Waals surface area contributed by atoms with Crippen molar-refractivity contribution in [1.82, 2.24) is 9.97 Å². The molecule has 2 heterocycles. The summed E-state index contributed by atoms with van der Waals surface area (Å²) in [7, 11) is 0. The summed E-state index contributed by atoms with van der Waals surface area (Å²) in [5.74, 6) is 1.32. The maximum Gasteiger partial charge on any atom is 0.196 e. The fraction of sp³-hybridized carbons (Fsp3) is 0.0588. The van der Waals surface area contributed by atoms with Gasteiger partial charge in [0.15, 0.2) is 11.4 Å². The van der Waals surface area contributed by atoms with E-state index in [2.05, 4.69) is 15.3 Å². The van der Waals surface area contributed by atoms with Crippen LogP contribution in [0.2, 0.25) is 5.02 Å². The van der Waals surface area contributed by atoms with Crippen LogP contribution in [0, 0.1) is 6.92 Å². The van der Waals surface area contributed by atoms with Crippen molar-refractivity contribution in [1.29, 1.82) is 0 Å². The zero-order valence-electron chi connectivity index (χ0n) is 12.2. The summed E-state index contributed by atoms with van der Waals surface area (Å²) in [5.41, 5.74) is 3.11. The van der Waals surface area contributed by atoms with Crippen LogP contribution in [0.15, 0.2) is 52.9 Å². The zero-order valence-corrected chi connectivity index (χ0v) is 13.7. The molecule has 116 valence electrons. The number of furan rings is 1. The first kappa shape index (κ1) is 15.6. The molecule has 23 heavy (non-hydrogen) atoms. The van der Waals surface area contributed by atoms with Gasteiger partial charge < -0.3 is 22.1 Å². The molecule has 1 N–H and O–H groups in total. The van der Waals surface area contributed by atoms with Gasteiger partial charge in [0.2, 0.25) is 0 Å². The van der Waals surface area contributed by atoms with E-state index in [-0.39, 0.29) is 12.4 Å². The molecule has 0 amide bonds. The topological polar surface area (TPSA) is 51.0 Å². The van der Waals surface area contributed by atoms with Crippen molar-refractivity contribution in [3.8, 4) is 0 Å². The van der Waals surface area contributed by atoms with Gasteiger partial charge in [-0.2, -0.15) is 0 Å². The number of anilines is 2. The Kier molecular flexibility index (Phi) is 4.11. The van der Waals surface area contributed by atoms with Crippen LogP contribution in [0.4, 0.5) is 11.5 Å². The third-order valence-electron chi connectivity index (χ3n) is 3.42. The Morgan fingerprint density at radius 1 is 1.04 bits per heavy atom. The van der Waals surface area contributed by atoms with E-state index in [0.29, 0.717) is 22.2 Å². The van der Waals surface area contributed by atoms with Gasteiger partial charge in [-0.25, -0.2) is 9.97 Å². The van der Waals surface area contributed by atoms with Crippen molar-refractivity contribution in [2.75, 3.05) is 5.32 Å². The summed E-state index contributed by atoms with van der Waals surface area (Å²) < 4.78 is 5.92. The van der Waals surface area contributed by atoms with Gasteiger partial charge in [0.05, 0.1) is 0 Å². The highest BCUT2D eigenvalue weighted by atomic mass is 35.5. The molecule has 0 spiro atoms. The van der Waals surface area contributed by atoms with Crippen molar-refractivity contribution in [3.05, 3.63) is 59.4 Å². The first-order valence-electron chi connectivity index (χ1n) is 6.89. The summed E-state index contributed by atoms with van der Waals surface area (Å²) in [6.07, 6.45) is 0. The largest absolute Gasteiger partial charge is 1.00 e. The van der Waals surface area contributed by atoms with Crippen LogP contribution >= 0.6 is 11.6 Å². The Labute approximate surface area is 143 Å². The minimum atomic E-state index is 0. The molecule has 0 radical (unpaired) electrons. The average molecular weight is 345 g/mol. The normalized spacial score (nSPS) is 10.7. The number of fused-ring (bicyclic) bond motifs is 3. The standard InChI is InChI=1S/C17H12ClN3O.ClH/c1-10-19-15-13-7-2-3-8-14(13)22-16(15)17(20-10)21-12-6-4-5-11(18)9-12;/h2-9H,1H3,(H,19,20,21);1H/p-1. The number of para-hydroxylation sites is 1. The van der Waals surface area contributed by atoms with Gasteiger partial charge in [0.25, 0.3) is 0 Å². The Balaban J connectivity index is 0.00000156. The first-order chi connectivity index (χ1) is 10.7. The molecule has 0 saturated carbocycles. The molecule has 0 atom stereocenters. The Bertz CT molecular complexity index is 998. The molecule has 6 heteroatoms. The predicted octanol–water partition coefficient (Wildman–Crippen LogP) is 2.09. The van der Waals surface area contributed by atoms with E-state index in [1.54, 1.807) is 0 Å². The van der Waals surface area contributed by atoms with Crippen molar-refractivity contribution < 1.29 is 16.8 Å². The number of benzene rings is 2. The molecule has 4 aromatic rings. The molecule has 0 aliphatic heterocycles. The van der Waals surface area contributed by atoms with Crippen LogP contribution in [0.25, 0.3) is 22.1 Å². The highest BCUT2D eigenvalue weighted by Gasteiger charge is 2.14. The number of hydrogen-bond donors (Lipinski definition) is 1. The molecule has 0 saturated heterocycles. The fourth-order valence-corrected chi connectivity index (χ4v) is 2.68. The monoisotopic (exact) mass is 344 g/mol. The van der Waals surface area contributed by atoms with E-state index >= 15 is 0 Å². The second-order valence-electron chi connectivity index (χ2n) is 5.03. The first-order valence-corrected chi connectivity index (χ1v) is 7.27. The molecule has 0 bridgehead atoms. The third-order valence-corrected chi connectivity index (χ3v) is 3.65. The number of aromatic nitrogens is 2. The van der Waals surface area contributed by atoms with Crippen LogP contribution in [0.3, 0.4) is 0 Å². The molecule has 0 unspecified atom stereocenters. The quantitative estimate of drug-likeness (QED) is 0.604. The summed E-state index contributed by atoms with van der Waals surface area (Å²) >= 11 is 6.03. The summed E-state index contributed by atoms with van der Waals surface area (Å²) in [6, 6.07) is 15.3. The van der Waals surface area contributed by atoms with E-state index in [4.69, 9.17) is 16.0 Å². The van der Waals surface area contributed by atoms with Crippen molar-refractivity contribution >= 4 is 45.2 Å². The molecule has 0 aliphatic carbocycles. The molecule has 4 nitrogen and oxygen atoms in total. The van der Waals surface area contributed by atoms with Gasteiger partial charge in [-0.15, -0.1) is 0 Å². The minimum absolute atomic E-state index is 0. The number of halogens is 2. The van der Waals surface area contributed by atoms with Crippen LogP contribution in [-0.4, -0.2) is 9.97 Å². The lowest BCUT2D eigenvalue weighted by molar-refractivity contribution is -0.00000490. The number of aryl methyl sites for hydroxylation is 1. The summed E-state index contributed by atoms with van der Waals surface area (Å²) in [4.78, 5) is 8.98. The Hall–Kier alpha value is -2.30. The van der Waals surface area contributed by atoms with Gasteiger partial charge in [-0.1, -0.05) is 29.8 Å². The second kappa shape index (κ2) is 6.07. The summed E-state index contributed by atoms with van der Waals surface area (Å²) in [5, 5.41) is 4.91. The summed E-state index contributed by atoms with van der Waals surface area (Å²) in [6.45, 7) is 1.87. The molecule has 4 rings (SSSR count). The molecular formula is C17H12Cl2N3O-. The maximum atomic E-state index is 6.03. The maximum absolute atomic E-state index is 6.03. The lowest BCUT2D eigenvalue weighted by Crippen LogP contribution is -3.00. The molecule has 2 aromatic heterocycles. The molecule has 2 aromatic carbocycles. The smallest absolute Gasteiger partial charge is 0.196 e. The second-order valence-corrected chi connectivity index (χ2v) is 5.47. The number of hydrogen-bond acceptors (Lipinski definition) is 4. The van der Waals surface area contributed by atoms with Gasteiger partial charge in [0.1, 0.15) is 16.9 Å². The van der Waals surface area contributed by atoms with Gasteiger partial charge in [-0.3, -0.25) is 0 Å². The van der Waals surface area contributed by atoms with Crippen LogP contribution in [0.1, 0.15) is 5.82 Å². The van der Waals surface area contributed by atoms with Crippen LogP contribution in [-0.2, 0) is 0 Å². The highest BCUT2D eigenvalue weighted by molar-refractivity contribution is 6.30. The van der Waals surface area contributed by atoms with E-state index in [0.717, 1.165) is 22.2 Å². The fourth-order valence-electron chi connectivity index (χ4n) is 2.49. The zero-order chi connectivity index (χ0) is 15.1. The third kappa shape index (κ3) is 2.83. The highest BCUT2D eigenvalue weighted by Crippen LogP contribution is 2.32. The van der Waals surface area contributed by atoms with Crippen LogP contribution < -0.4 is 17.7 Å².